The number of anilines is 1. The molecule has 0 atom stereocenters. The summed E-state index contributed by atoms with van der Waals surface area (Å²) < 4.78 is 0. The van der Waals surface area contributed by atoms with E-state index < -0.39 is 0 Å². The number of thiazole rings is 1. The van der Waals surface area contributed by atoms with Gasteiger partial charge in [0.25, 0.3) is 0 Å². The number of nitrogens with two attached hydrogens (primary N) is 1. The van der Waals surface area contributed by atoms with Gasteiger partial charge >= 0.3 is 0 Å². The molecule has 0 saturated heterocycles. The highest BCUT2D eigenvalue weighted by Crippen LogP contribution is 2.43. The second-order valence-electron chi connectivity index (χ2n) is 4.62. The Balaban J connectivity index is 1.68. The van der Waals surface area contributed by atoms with E-state index in [2.05, 4.69) is 29.2 Å². The zero-order chi connectivity index (χ0) is 11.7. The molecule has 0 spiro atoms. The number of nitrogen functional groups attached to an aromatic ring is 1. The molecule has 3 heteroatoms. The van der Waals surface area contributed by atoms with Crippen LogP contribution in [-0.2, 0) is 12.8 Å². The first-order valence-electron chi connectivity index (χ1n) is 6.12. The van der Waals surface area contributed by atoms with Gasteiger partial charge in [-0.2, -0.15) is 0 Å². The normalized spacial score (nSPS) is 15.1. The molecule has 0 radical (unpaired) electrons. The Morgan fingerprint density at radius 1 is 1.18 bits per heavy atom. The zero-order valence-corrected chi connectivity index (χ0v) is 10.5. The van der Waals surface area contributed by atoms with Crippen molar-refractivity contribution in [2.45, 2.75) is 31.6 Å². The summed E-state index contributed by atoms with van der Waals surface area (Å²) in [5.74, 6) is 0.716. The smallest absolute Gasteiger partial charge is 0.109 e. The second kappa shape index (κ2) is 4.49. The Morgan fingerprint density at radius 2 is 1.94 bits per heavy atom. The number of rotatable bonds is 4. The molecule has 2 aromatic rings. The molecule has 0 bridgehead atoms. The molecule has 88 valence electrons. The molecule has 3 rings (SSSR count). The first-order chi connectivity index (χ1) is 8.33. The van der Waals surface area contributed by atoms with E-state index in [1.165, 1.54) is 23.4 Å². The van der Waals surface area contributed by atoms with E-state index in [0.29, 0.717) is 5.92 Å². The van der Waals surface area contributed by atoms with Gasteiger partial charge in [0.1, 0.15) is 5.00 Å². The van der Waals surface area contributed by atoms with Crippen molar-refractivity contribution >= 4 is 16.3 Å². The van der Waals surface area contributed by atoms with E-state index in [4.69, 9.17) is 5.73 Å². The van der Waals surface area contributed by atoms with Crippen LogP contribution in [0.1, 0.15) is 35.0 Å². The van der Waals surface area contributed by atoms with Crippen molar-refractivity contribution in [3.05, 3.63) is 46.6 Å². The molecule has 2 nitrogen and oxygen atoms in total. The van der Waals surface area contributed by atoms with E-state index in [0.717, 1.165) is 23.5 Å². The molecule has 1 aromatic heterocycles. The van der Waals surface area contributed by atoms with Crippen LogP contribution in [0, 0.1) is 0 Å². The minimum Gasteiger partial charge on any atom is -0.389 e. The Bertz CT molecular complexity index is 500. The van der Waals surface area contributed by atoms with E-state index >= 15 is 0 Å². The van der Waals surface area contributed by atoms with Crippen molar-refractivity contribution in [3.63, 3.8) is 0 Å². The zero-order valence-electron chi connectivity index (χ0n) is 9.73. The molecular formula is C14H16N2S. The number of hydrogen-bond acceptors (Lipinski definition) is 3. The molecule has 0 aliphatic heterocycles. The van der Waals surface area contributed by atoms with Gasteiger partial charge in [0.15, 0.2) is 0 Å². The summed E-state index contributed by atoms with van der Waals surface area (Å²) in [4.78, 5) is 4.68. The Kier molecular flexibility index (Phi) is 2.85. The minimum atomic E-state index is 0.716. The predicted molar refractivity (Wildman–Crippen MR) is 72.4 cm³/mol. The number of nitrogens with zero attached hydrogens (tertiary/aromatic N) is 1. The summed E-state index contributed by atoms with van der Waals surface area (Å²) in [6.45, 7) is 0. The van der Waals surface area contributed by atoms with Crippen molar-refractivity contribution in [1.29, 1.82) is 0 Å². The molecule has 1 fully saturated rings. The van der Waals surface area contributed by atoms with Gasteiger partial charge in [0.05, 0.1) is 10.7 Å². The third-order valence-electron chi connectivity index (χ3n) is 3.16. The van der Waals surface area contributed by atoms with Crippen LogP contribution >= 0.6 is 11.3 Å². The maximum atomic E-state index is 6.03. The summed E-state index contributed by atoms with van der Waals surface area (Å²) in [5, 5.41) is 2.17. The van der Waals surface area contributed by atoms with Crippen LogP contribution in [0.3, 0.4) is 0 Å². The fourth-order valence-electron chi connectivity index (χ4n) is 1.97. The van der Waals surface area contributed by atoms with Crippen molar-refractivity contribution in [3.8, 4) is 0 Å². The van der Waals surface area contributed by atoms with Crippen LogP contribution in [0.25, 0.3) is 0 Å². The second-order valence-corrected chi connectivity index (χ2v) is 5.69. The van der Waals surface area contributed by atoms with Crippen molar-refractivity contribution in [2.75, 3.05) is 5.73 Å². The first kappa shape index (κ1) is 10.8. The monoisotopic (exact) mass is 244 g/mol. The average Bonchev–Trinajstić information content (AvgIpc) is 3.13. The molecule has 17 heavy (non-hydrogen) atoms. The lowest BCUT2D eigenvalue weighted by molar-refractivity contribution is 0.910. The summed E-state index contributed by atoms with van der Waals surface area (Å²) in [5.41, 5.74) is 8.48. The summed E-state index contributed by atoms with van der Waals surface area (Å²) >= 11 is 1.69. The fourth-order valence-corrected chi connectivity index (χ4v) is 3.02. The van der Waals surface area contributed by atoms with Gasteiger partial charge in [-0.3, -0.25) is 0 Å². The Morgan fingerprint density at radius 3 is 2.65 bits per heavy atom. The van der Waals surface area contributed by atoms with E-state index in [9.17, 15) is 0 Å². The lowest BCUT2D eigenvalue weighted by atomic mass is 10.1. The largest absolute Gasteiger partial charge is 0.389 e. The average molecular weight is 244 g/mol. The predicted octanol–water partition coefficient (Wildman–Crippen LogP) is 3.39. The third-order valence-corrected chi connectivity index (χ3v) is 4.25. The standard InChI is InChI=1S/C14H16N2S/c15-13-12(16-14(17-13)11-7-8-11)9-6-10-4-2-1-3-5-10/h1-5,11H,6-9,15H2. The maximum absolute atomic E-state index is 6.03. The highest BCUT2D eigenvalue weighted by atomic mass is 32.1. The lowest BCUT2D eigenvalue weighted by Gasteiger charge is -1.99. The van der Waals surface area contributed by atoms with Crippen molar-refractivity contribution in [1.82, 2.24) is 4.98 Å². The fraction of sp³-hybridized carbons (Fsp3) is 0.357. The minimum absolute atomic E-state index is 0.716. The number of benzene rings is 1. The molecule has 2 N–H and O–H groups in total. The van der Waals surface area contributed by atoms with Crippen LogP contribution < -0.4 is 5.73 Å². The van der Waals surface area contributed by atoms with E-state index in [1.807, 2.05) is 6.07 Å². The molecule has 1 saturated carbocycles. The summed E-state index contributed by atoms with van der Waals surface area (Å²) in [6.07, 6.45) is 4.58. The van der Waals surface area contributed by atoms with E-state index in [-0.39, 0.29) is 0 Å². The van der Waals surface area contributed by atoms with E-state index in [1.54, 1.807) is 11.3 Å². The molecule has 1 heterocycles. The molecule has 0 amide bonds. The number of hydrogen-bond donors (Lipinski definition) is 1. The topological polar surface area (TPSA) is 38.9 Å². The molecule has 0 unspecified atom stereocenters. The molecule has 1 aromatic carbocycles. The Hall–Kier alpha value is -1.35. The molecule has 1 aliphatic carbocycles. The van der Waals surface area contributed by atoms with Crippen LogP contribution in [0.5, 0.6) is 0 Å². The lowest BCUT2D eigenvalue weighted by Crippen LogP contribution is -1.95. The maximum Gasteiger partial charge on any atom is 0.109 e. The van der Waals surface area contributed by atoms with Gasteiger partial charge in [0, 0.05) is 5.92 Å². The summed E-state index contributed by atoms with van der Waals surface area (Å²) in [7, 11) is 0. The third kappa shape index (κ3) is 2.50. The van der Waals surface area contributed by atoms with Crippen LogP contribution in [-0.4, -0.2) is 4.98 Å². The first-order valence-corrected chi connectivity index (χ1v) is 6.93. The number of aromatic nitrogens is 1. The van der Waals surface area contributed by atoms with Crippen LogP contribution in [0.4, 0.5) is 5.00 Å². The van der Waals surface area contributed by atoms with Crippen molar-refractivity contribution < 1.29 is 0 Å². The summed E-state index contributed by atoms with van der Waals surface area (Å²) in [6, 6.07) is 10.5. The van der Waals surface area contributed by atoms with Gasteiger partial charge in [0.2, 0.25) is 0 Å². The van der Waals surface area contributed by atoms with Crippen LogP contribution in [0.2, 0.25) is 0 Å². The highest BCUT2D eigenvalue weighted by molar-refractivity contribution is 7.15. The number of aryl methyl sites for hydroxylation is 2. The van der Waals surface area contributed by atoms with Gasteiger partial charge in [-0.25, -0.2) is 4.98 Å². The van der Waals surface area contributed by atoms with Crippen LogP contribution in [0.15, 0.2) is 30.3 Å². The SMILES string of the molecule is Nc1sc(C2CC2)nc1CCc1ccccc1. The van der Waals surface area contributed by atoms with Gasteiger partial charge in [-0.15, -0.1) is 11.3 Å². The highest BCUT2D eigenvalue weighted by Gasteiger charge is 2.27. The van der Waals surface area contributed by atoms with Gasteiger partial charge in [-0.05, 0) is 31.2 Å². The van der Waals surface area contributed by atoms with Gasteiger partial charge < -0.3 is 5.73 Å². The molecular weight excluding hydrogens is 228 g/mol. The quantitative estimate of drug-likeness (QED) is 0.895. The van der Waals surface area contributed by atoms with Crippen molar-refractivity contribution in [2.24, 2.45) is 0 Å². The molecule has 1 aliphatic rings. The Labute approximate surface area is 106 Å². The van der Waals surface area contributed by atoms with Gasteiger partial charge in [-0.1, -0.05) is 30.3 Å².